The zero-order chi connectivity index (χ0) is 14.3. The van der Waals surface area contributed by atoms with Crippen molar-refractivity contribution >= 4 is 0 Å². The maximum Gasteiger partial charge on any atom is 0.136 e. The third kappa shape index (κ3) is 2.18. The van der Waals surface area contributed by atoms with Gasteiger partial charge in [0.2, 0.25) is 0 Å². The topological polar surface area (TPSA) is 56.7 Å². The Morgan fingerprint density at radius 1 is 1.20 bits per heavy atom. The van der Waals surface area contributed by atoms with Crippen LogP contribution in [0.4, 0.5) is 0 Å². The maximum absolute atomic E-state index is 6.29. The molecule has 20 heavy (non-hydrogen) atoms. The number of hydrogen-bond acceptors (Lipinski definition) is 3. The minimum absolute atomic E-state index is 0.195. The molecule has 0 amide bonds. The van der Waals surface area contributed by atoms with E-state index >= 15 is 0 Å². The van der Waals surface area contributed by atoms with Gasteiger partial charge in [0.1, 0.15) is 12.2 Å². The minimum atomic E-state index is 0.195. The van der Waals surface area contributed by atoms with Gasteiger partial charge >= 0.3 is 0 Å². The van der Waals surface area contributed by atoms with Crippen LogP contribution < -0.4 is 5.73 Å². The normalized spacial score (nSPS) is 34.5. The second-order valence-corrected chi connectivity index (χ2v) is 7.44. The average Bonchev–Trinajstić information content (AvgIpc) is 3.06. The molecule has 3 atom stereocenters. The molecule has 112 valence electrons. The first-order valence-corrected chi connectivity index (χ1v) is 8.16. The fourth-order valence-corrected chi connectivity index (χ4v) is 4.28. The third-order valence-corrected chi connectivity index (χ3v) is 6.13. The van der Waals surface area contributed by atoms with Crippen LogP contribution in [0.2, 0.25) is 0 Å². The molecule has 0 aliphatic heterocycles. The van der Waals surface area contributed by atoms with Gasteiger partial charge in [-0.05, 0) is 37.0 Å². The third-order valence-electron chi connectivity index (χ3n) is 6.13. The summed E-state index contributed by atoms with van der Waals surface area (Å²) >= 11 is 0. The first-order valence-electron chi connectivity index (χ1n) is 8.16. The van der Waals surface area contributed by atoms with E-state index in [4.69, 9.17) is 5.73 Å². The summed E-state index contributed by atoms with van der Waals surface area (Å²) in [4.78, 5) is 0. The van der Waals surface area contributed by atoms with Gasteiger partial charge in [0, 0.05) is 18.0 Å². The van der Waals surface area contributed by atoms with Gasteiger partial charge in [-0.2, -0.15) is 0 Å². The van der Waals surface area contributed by atoms with E-state index in [9.17, 15) is 0 Å². The summed E-state index contributed by atoms with van der Waals surface area (Å²) in [6, 6.07) is 0.950. The summed E-state index contributed by atoms with van der Waals surface area (Å²) in [6.45, 7) is 7.01. The van der Waals surface area contributed by atoms with Crippen LogP contribution in [-0.2, 0) is 0 Å². The molecule has 0 saturated heterocycles. The Labute approximate surface area is 122 Å². The van der Waals surface area contributed by atoms with Crippen LogP contribution >= 0.6 is 0 Å². The molecule has 2 aliphatic carbocycles. The summed E-state index contributed by atoms with van der Waals surface area (Å²) in [5.41, 5.74) is 6.48. The second-order valence-electron chi connectivity index (χ2n) is 7.44. The summed E-state index contributed by atoms with van der Waals surface area (Å²) in [7, 11) is 0. The molecule has 4 nitrogen and oxygen atoms in total. The van der Waals surface area contributed by atoms with Crippen LogP contribution in [0.1, 0.15) is 77.1 Å². The predicted molar refractivity (Wildman–Crippen MR) is 80.4 cm³/mol. The number of aromatic nitrogens is 3. The van der Waals surface area contributed by atoms with Crippen molar-refractivity contribution in [3.63, 3.8) is 0 Å². The van der Waals surface area contributed by atoms with Crippen LogP contribution in [-0.4, -0.2) is 20.8 Å². The van der Waals surface area contributed by atoms with Crippen molar-refractivity contribution in [2.45, 2.75) is 77.3 Å². The number of nitrogens with two attached hydrogens (primary N) is 1. The summed E-state index contributed by atoms with van der Waals surface area (Å²) in [5, 5.41) is 8.74. The monoisotopic (exact) mass is 276 g/mol. The summed E-state index contributed by atoms with van der Waals surface area (Å²) in [5.74, 6) is 2.22. The van der Waals surface area contributed by atoms with Gasteiger partial charge in [0.15, 0.2) is 0 Å². The van der Waals surface area contributed by atoms with Crippen LogP contribution in [0.15, 0.2) is 6.33 Å². The van der Waals surface area contributed by atoms with Gasteiger partial charge in [0.05, 0.1) is 0 Å². The van der Waals surface area contributed by atoms with E-state index in [0.717, 1.165) is 12.8 Å². The molecule has 0 radical (unpaired) electrons. The van der Waals surface area contributed by atoms with Crippen molar-refractivity contribution in [3.05, 3.63) is 12.2 Å². The highest BCUT2D eigenvalue weighted by atomic mass is 15.3. The molecule has 4 heteroatoms. The van der Waals surface area contributed by atoms with Crippen molar-refractivity contribution in [2.24, 2.45) is 17.1 Å². The van der Waals surface area contributed by atoms with E-state index in [1.54, 1.807) is 0 Å². The van der Waals surface area contributed by atoms with Gasteiger partial charge in [-0.25, -0.2) is 0 Å². The number of hydrogen-bond donors (Lipinski definition) is 1. The molecule has 1 aromatic heterocycles. The molecule has 2 fully saturated rings. The van der Waals surface area contributed by atoms with Crippen molar-refractivity contribution in [3.8, 4) is 0 Å². The molecule has 2 saturated carbocycles. The van der Waals surface area contributed by atoms with Gasteiger partial charge in [-0.3, -0.25) is 0 Å². The molecular formula is C16H28N4. The lowest BCUT2D eigenvalue weighted by Gasteiger charge is -2.46. The van der Waals surface area contributed by atoms with E-state index in [1.807, 2.05) is 6.33 Å². The molecule has 0 spiro atoms. The van der Waals surface area contributed by atoms with Crippen LogP contribution in [0.5, 0.6) is 0 Å². The highest BCUT2D eigenvalue weighted by Gasteiger charge is 2.44. The van der Waals surface area contributed by atoms with Crippen LogP contribution in [0.25, 0.3) is 0 Å². The van der Waals surface area contributed by atoms with Crippen molar-refractivity contribution in [2.75, 3.05) is 0 Å². The lowest BCUT2D eigenvalue weighted by atomic mass is 9.61. The molecule has 3 rings (SSSR count). The lowest BCUT2D eigenvalue weighted by molar-refractivity contribution is 0.0917. The van der Waals surface area contributed by atoms with Crippen LogP contribution in [0.3, 0.4) is 0 Å². The standard InChI is InChI=1S/C16H28N4/c1-11-14(17)9-8-13(16(11,2)3)15-19-18-10-20(15)12-6-4-5-7-12/h10-14H,4-9,17H2,1-3H3. The fourth-order valence-electron chi connectivity index (χ4n) is 4.28. The zero-order valence-electron chi connectivity index (χ0n) is 13.0. The smallest absolute Gasteiger partial charge is 0.136 e. The quantitative estimate of drug-likeness (QED) is 0.902. The van der Waals surface area contributed by atoms with Gasteiger partial charge in [-0.1, -0.05) is 33.6 Å². The van der Waals surface area contributed by atoms with Gasteiger partial charge in [-0.15, -0.1) is 10.2 Å². The molecule has 3 unspecified atom stereocenters. The highest BCUT2D eigenvalue weighted by molar-refractivity contribution is 5.10. The highest BCUT2D eigenvalue weighted by Crippen LogP contribution is 2.49. The molecule has 2 N–H and O–H groups in total. The Morgan fingerprint density at radius 2 is 1.90 bits per heavy atom. The lowest BCUT2D eigenvalue weighted by Crippen LogP contribution is -2.46. The Morgan fingerprint density at radius 3 is 2.60 bits per heavy atom. The van der Waals surface area contributed by atoms with E-state index in [1.165, 1.54) is 31.5 Å². The second kappa shape index (κ2) is 5.14. The van der Waals surface area contributed by atoms with E-state index in [0.29, 0.717) is 23.9 Å². The van der Waals surface area contributed by atoms with Crippen molar-refractivity contribution < 1.29 is 0 Å². The molecular weight excluding hydrogens is 248 g/mol. The summed E-state index contributed by atoms with van der Waals surface area (Å²) in [6.07, 6.45) is 9.47. The first kappa shape index (κ1) is 14.1. The van der Waals surface area contributed by atoms with Gasteiger partial charge in [0.25, 0.3) is 0 Å². The predicted octanol–water partition coefficient (Wildman–Crippen LogP) is 3.26. The fraction of sp³-hybridized carbons (Fsp3) is 0.875. The molecule has 0 aromatic carbocycles. The van der Waals surface area contributed by atoms with Crippen molar-refractivity contribution in [1.82, 2.24) is 14.8 Å². The Balaban J connectivity index is 1.91. The Bertz CT molecular complexity index is 459. The largest absolute Gasteiger partial charge is 0.327 e. The van der Waals surface area contributed by atoms with Crippen LogP contribution in [0, 0.1) is 11.3 Å². The minimum Gasteiger partial charge on any atom is -0.327 e. The van der Waals surface area contributed by atoms with E-state index in [-0.39, 0.29) is 5.41 Å². The summed E-state index contributed by atoms with van der Waals surface area (Å²) < 4.78 is 2.38. The van der Waals surface area contributed by atoms with E-state index in [2.05, 4.69) is 35.5 Å². The first-order chi connectivity index (χ1) is 9.51. The average molecular weight is 276 g/mol. The zero-order valence-corrected chi connectivity index (χ0v) is 13.0. The maximum atomic E-state index is 6.29. The molecule has 2 aliphatic rings. The molecule has 1 heterocycles. The molecule has 1 aromatic rings. The SMILES string of the molecule is CC1C(N)CCC(c2nncn2C2CCCC2)C1(C)C. The molecule has 0 bridgehead atoms. The Hall–Kier alpha value is -0.900. The number of nitrogens with zero attached hydrogens (tertiary/aromatic N) is 3. The van der Waals surface area contributed by atoms with E-state index < -0.39 is 0 Å². The number of rotatable bonds is 2. The van der Waals surface area contributed by atoms with Gasteiger partial charge < -0.3 is 10.3 Å². The van der Waals surface area contributed by atoms with Crippen molar-refractivity contribution in [1.29, 1.82) is 0 Å². The Kier molecular flexibility index (Phi) is 3.61.